The van der Waals surface area contributed by atoms with Gasteiger partial charge in [0.25, 0.3) is 0 Å². The Labute approximate surface area is 176 Å². The van der Waals surface area contributed by atoms with Crippen LogP contribution in [0.1, 0.15) is 5.56 Å². The van der Waals surface area contributed by atoms with Gasteiger partial charge in [-0.1, -0.05) is 24.3 Å². The van der Waals surface area contributed by atoms with Gasteiger partial charge in [0.2, 0.25) is 5.91 Å². The minimum Gasteiger partial charge on any atom is -0.326 e. The fraction of sp³-hybridized carbons (Fsp3) is 0.0455. The molecule has 5 rings (SSSR count). The Kier molecular flexibility index (Phi) is 4.74. The highest BCUT2D eigenvalue weighted by atomic mass is 32.1. The number of tetrazole rings is 1. The minimum absolute atomic E-state index is 0.0714. The van der Waals surface area contributed by atoms with Gasteiger partial charge in [0.05, 0.1) is 22.3 Å². The number of hydrogen-bond acceptors (Lipinski definition) is 6. The number of thiazole rings is 1. The molecule has 3 aromatic carbocycles. The molecular weight excluding hydrogens is 396 g/mol. The number of aromatic nitrogens is 5. The molecule has 0 saturated carbocycles. The maximum Gasteiger partial charge on any atom is 0.228 e. The van der Waals surface area contributed by atoms with Crippen molar-refractivity contribution in [2.24, 2.45) is 0 Å². The summed E-state index contributed by atoms with van der Waals surface area (Å²) < 4.78 is 2.73. The van der Waals surface area contributed by atoms with E-state index in [-0.39, 0.29) is 12.3 Å². The number of carbonyl (C=O) groups is 1. The van der Waals surface area contributed by atoms with Crippen LogP contribution in [0.4, 0.5) is 5.69 Å². The molecule has 2 heterocycles. The van der Waals surface area contributed by atoms with Gasteiger partial charge < -0.3 is 5.32 Å². The van der Waals surface area contributed by atoms with Crippen LogP contribution in [0.3, 0.4) is 0 Å². The highest BCUT2D eigenvalue weighted by molar-refractivity contribution is 7.21. The third kappa shape index (κ3) is 3.81. The van der Waals surface area contributed by atoms with Gasteiger partial charge in [-0.05, 0) is 64.5 Å². The van der Waals surface area contributed by atoms with Crippen molar-refractivity contribution in [1.29, 1.82) is 0 Å². The molecule has 0 saturated heterocycles. The Morgan fingerprint density at radius 2 is 1.77 bits per heavy atom. The number of nitrogens with one attached hydrogen (secondary N) is 1. The maximum absolute atomic E-state index is 12.4. The van der Waals surface area contributed by atoms with Crippen LogP contribution in [0, 0.1) is 0 Å². The molecular formula is C22H16N6OS. The average Bonchev–Trinajstić information content (AvgIpc) is 3.45. The zero-order valence-corrected chi connectivity index (χ0v) is 16.6. The van der Waals surface area contributed by atoms with E-state index < -0.39 is 0 Å². The summed E-state index contributed by atoms with van der Waals surface area (Å²) >= 11 is 1.66. The molecule has 0 bridgehead atoms. The van der Waals surface area contributed by atoms with Crippen molar-refractivity contribution in [2.75, 3.05) is 5.32 Å². The van der Waals surface area contributed by atoms with E-state index in [1.54, 1.807) is 16.0 Å². The number of fused-ring (bicyclic) bond motifs is 1. The van der Waals surface area contributed by atoms with Gasteiger partial charge in [0.1, 0.15) is 11.3 Å². The van der Waals surface area contributed by atoms with Crippen LogP contribution >= 0.6 is 11.3 Å². The van der Waals surface area contributed by atoms with Crippen LogP contribution in [0.15, 0.2) is 79.1 Å². The number of amides is 1. The van der Waals surface area contributed by atoms with Crippen molar-refractivity contribution < 1.29 is 4.79 Å². The first kappa shape index (κ1) is 18.1. The number of rotatable bonds is 5. The van der Waals surface area contributed by atoms with Crippen molar-refractivity contribution in [3.05, 3.63) is 84.7 Å². The standard InChI is InChI=1S/C22H16N6OS/c29-21(13-15-5-11-18(12-6-15)28-14-23-26-27-28)24-17-9-7-16(8-10-17)22-25-19-3-1-2-4-20(19)30-22/h1-12,14H,13H2,(H,24,29). The second-order valence-electron chi connectivity index (χ2n) is 6.71. The SMILES string of the molecule is O=C(Cc1ccc(-n2cnnn2)cc1)Nc1ccc(-c2nc3ccccc3s2)cc1. The molecule has 1 amide bonds. The van der Waals surface area contributed by atoms with E-state index in [4.69, 9.17) is 0 Å². The smallest absolute Gasteiger partial charge is 0.228 e. The molecule has 0 radical (unpaired) electrons. The fourth-order valence-corrected chi connectivity index (χ4v) is 4.10. The zero-order valence-electron chi connectivity index (χ0n) is 15.8. The molecule has 7 nitrogen and oxygen atoms in total. The maximum atomic E-state index is 12.4. The van der Waals surface area contributed by atoms with Gasteiger partial charge in [0, 0.05) is 11.3 Å². The number of hydrogen-bond donors (Lipinski definition) is 1. The summed E-state index contributed by atoms with van der Waals surface area (Å²) in [7, 11) is 0. The summed E-state index contributed by atoms with van der Waals surface area (Å²) in [5.74, 6) is -0.0714. The van der Waals surface area contributed by atoms with Crippen LogP contribution < -0.4 is 5.32 Å². The van der Waals surface area contributed by atoms with Gasteiger partial charge >= 0.3 is 0 Å². The zero-order chi connectivity index (χ0) is 20.3. The lowest BCUT2D eigenvalue weighted by atomic mass is 10.1. The largest absolute Gasteiger partial charge is 0.326 e. The van der Waals surface area contributed by atoms with Crippen molar-refractivity contribution in [3.8, 4) is 16.3 Å². The highest BCUT2D eigenvalue weighted by Crippen LogP contribution is 2.30. The van der Waals surface area contributed by atoms with Crippen molar-refractivity contribution in [1.82, 2.24) is 25.2 Å². The van der Waals surface area contributed by atoms with Gasteiger partial charge in [0.15, 0.2) is 0 Å². The average molecular weight is 412 g/mol. The lowest BCUT2D eigenvalue weighted by Crippen LogP contribution is -2.14. The number of anilines is 1. The summed E-state index contributed by atoms with van der Waals surface area (Å²) in [6.45, 7) is 0. The van der Waals surface area contributed by atoms with E-state index >= 15 is 0 Å². The van der Waals surface area contributed by atoms with Gasteiger partial charge in [-0.3, -0.25) is 4.79 Å². The minimum atomic E-state index is -0.0714. The van der Waals surface area contributed by atoms with Gasteiger partial charge in [-0.25, -0.2) is 9.67 Å². The third-order valence-corrected chi connectivity index (χ3v) is 5.71. The van der Waals surface area contributed by atoms with Crippen molar-refractivity contribution in [2.45, 2.75) is 6.42 Å². The summed E-state index contributed by atoms with van der Waals surface area (Å²) in [6.07, 6.45) is 1.81. The Morgan fingerprint density at radius 3 is 2.50 bits per heavy atom. The number of carbonyl (C=O) groups excluding carboxylic acids is 1. The third-order valence-electron chi connectivity index (χ3n) is 4.62. The highest BCUT2D eigenvalue weighted by Gasteiger charge is 2.08. The van der Waals surface area contributed by atoms with Crippen LogP contribution in [0.25, 0.3) is 26.5 Å². The number of nitrogens with zero attached hydrogens (tertiary/aromatic N) is 5. The lowest BCUT2D eigenvalue weighted by Gasteiger charge is -2.07. The molecule has 146 valence electrons. The van der Waals surface area contributed by atoms with Crippen molar-refractivity contribution in [3.63, 3.8) is 0 Å². The molecule has 0 unspecified atom stereocenters. The topological polar surface area (TPSA) is 85.6 Å². The number of para-hydroxylation sites is 1. The Balaban J connectivity index is 1.24. The monoisotopic (exact) mass is 412 g/mol. The second kappa shape index (κ2) is 7.84. The summed E-state index contributed by atoms with van der Waals surface area (Å²) in [6, 6.07) is 23.4. The van der Waals surface area contributed by atoms with Gasteiger partial charge in [-0.15, -0.1) is 16.4 Å². The van der Waals surface area contributed by atoms with Crippen LogP contribution in [0.5, 0.6) is 0 Å². The Morgan fingerprint density at radius 1 is 0.967 bits per heavy atom. The molecule has 0 fully saturated rings. The normalized spacial score (nSPS) is 10.9. The molecule has 5 aromatic rings. The molecule has 0 atom stereocenters. The molecule has 1 N–H and O–H groups in total. The van der Waals surface area contributed by atoms with Crippen LogP contribution in [-0.4, -0.2) is 31.1 Å². The molecule has 0 spiro atoms. The summed E-state index contributed by atoms with van der Waals surface area (Å²) in [4.78, 5) is 17.1. The predicted molar refractivity (Wildman–Crippen MR) is 117 cm³/mol. The van der Waals surface area contributed by atoms with Crippen LogP contribution in [0.2, 0.25) is 0 Å². The van der Waals surface area contributed by atoms with E-state index in [2.05, 4.69) is 31.9 Å². The molecule has 2 aromatic heterocycles. The first-order valence-electron chi connectivity index (χ1n) is 9.33. The number of benzene rings is 3. The van der Waals surface area contributed by atoms with Crippen molar-refractivity contribution >= 4 is 33.1 Å². The van der Waals surface area contributed by atoms with E-state index in [0.29, 0.717) is 0 Å². The molecule has 0 aliphatic rings. The van der Waals surface area contributed by atoms with E-state index in [0.717, 1.165) is 37.7 Å². The van der Waals surface area contributed by atoms with E-state index in [1.165, 1.54) is 6.33 Å². The van der Waals surface area contributed by atoms with E-state index in [1.807, 2.05) is 66.7 Å². The molecule has 0 aliphatic heterocycles. The first-order chi connectivity index (χ1) is 14.7. The summed E-state index contributed by atoms with van der Waals surface area (Å²) in [5.41, 5.74) is 4.55. The second-order valence-corrected chi connectivity index (χ2v) is 7.74. The molecule has 8 heteroatoms. The predicted octanol–water partition coefficient (Wildman–Crippen LogP) is 4.12. The van der Waals surface area contributed by atoms with Crippen LogP contribution in [-0.2, 0) is 11.2 Å². The fourth-order valence-electron chi connectivity index (χ4n) is 3.13. The van der Waals surface area contributed by atoms with Gasteiger partial charge in [-0.2, -0.15) is 0 Å². The Bertz CT molecular complexity index is 1260. The quantitative estimate of drug-likeness (QED) is 0.469. The van der Waals surface area contributed by atoms with E-state index in [9.17, 15) is 4.79 Å². The molecule has 0 aliphatic carbocycles. The lowest BCUT2D eigenvalue weighted by molar-refractivity contribution is -0.115. The Hall–Kier alpha value is -3.91. The first-order valence-corrected chi connectivity index (χ1v) is 10.1. The summed E-state index contributed by atoms with van der Waals surface area (Å²) in [5, 5.41) is 15.0. The molecule has 30 heavy (non-hydrogen) atoms.